The monoisotopic (exact) mass is 310 g/mol. The van der Waals surface area contributed by atoms with Crippen LogP contribution in [0.2, 0.25) is 0 Å². The van der Waals surface area contributed by atoms with Gasteiger partial charge in [0.05, 0.1) is 6.04 Å². The molecule has 0 aromatic carbocycles. The first-order valence-electron chi connectivity index (χ1n) is 6.99. The van der Waals surface area contributed by atoms with Crippen LogP contribution in [-0.2, 0) is 6.54 Å². The Hall–Kier alpha value is -0.980. The third-order valence-corrected chi connectivity index (χ3v) is 5.32. The van der Waals surface area contributed by atoms with Crippen molar-refractivity contribution in [1.29, 1.82) is 0 Å². The van der Waals surface area contributed by atoms with E-state index in [1.807, 2.05) is 12.4 Å². The van der Waals surface area contributed by atoms with Gasteiger partial charge in [0, 0.05) is 41.8 Å². The van der Waals surface area contributed by atoms with Crippen LogP contribution in [-0.4, -0.2) is 23.1 Å². The first-order valence-corrected chi connectivity index (χ1v) is 8.62. The van der Waals surface area contributed by atoms with Crippen molar-refractivity contribution in [3.63, 3.8) is 0 Å². The van der Waals surface area contributed by atoms with E-state index < -0.39 is 0 Å². The standard InChI is InChI=1S/C14H22N4S2/c1-5-18(6-2)14-17-9-12(20-14)8-15-11(4)13-16-7-10(3)19-13/h7,9,11,15H,5-6,8H2,1-4H3. The summed E-state index contributed by atoms with van der Waals surface area (Å²) in [6, 6.07) is 0.285. The molecule has 0 spiro atoms. The first-order chi connectivity index (χ1) is 9.63. The molecule has 20 heavy (non-hydrogen) atoms. The molecule has 0 saturated heterocycles. The number of nitrogens with one attached hydrogen (secondary N) is 1. The fourth-order valence-electron chi connectivity index (χ4n) is 1.93. The molecule has 0 saturated carbocycles. The van der Waals surface area contributed by atoms with Crippen LogP contribution >= 0.6 is 22.7 Å². The first kappa shape index (κ1) is 15.4. The molecule has 1 atom stereocenters. The third kappa shape index (κ3) is 3.77. The van der Waals surface area contributed by atoms with Gasteiger partial charge in [0.2, 0.25) is 0 Å². The molecule has 1 unspecified atom stereocenters. The van der Waals surface area contributed by atoms with Gasteiger partial charge in [-0.15, -0.1) is 22.7 Å². The number of aryl methyl sites for hydroxylation is 1. The SMILES string of the molecule is CCN(CC)c1ncc(CNC(C)c2ncc(C)s2)s1. The maximum Gasteiger partial charge on any atom is 0.185 e. The van der Waals surface area contributed by atoms with Crippen LogP contribution in [0.4, 0.5) is 5.13 Å². The van der Waals surface area contributed by atoms with Crippen LogP contribution in [0.15, 0.2) is 12.4 Å². The smallest absolute Gasteiger partial charge is 0.185 e. The maximum absolute atomic E-state index is 4.50. The van der Waals surface area contributed by atoms with Gasteiger partial charge in [0.15, 0.2) is 5.13 Å². The Labute approximate surface area is 128 Å². The van der Waals surface area contributed by atoms with Crippen LogP contribution in [0.5, 0.6) is 0 Å². The van der Waals surface area contributed by atoms with Gasteiger partial charge in [0.25, 0.3) is 0 Å². The summed E-state index contributed by atoms with van der Waals surface area (Å²) in [4.78, 5) is 13.7. The quantitative estimate of drug-likeness (QED) is 0.848. The average Bonchev–Trinajstić information content (AvgIpc) is 3.07. The Bertz CT molecular complexity index is 531. The molecule has 2 aromatic rings. The number of hydrogen-bond acceptors (Lipinski definition) is 6. The zero-order valence-electron chi connectivity index (χ0n) is 12.5. The number of nitrogens with zero attached hydrogens (tertiary/aromatic N) is 3. The molecule has 1 N–H and O–H groups in total. The highest BCUT2D eigenvalue weighted by Crippen LogP contribution is 2.24. The lowest BCUT2D eigenvalue weighted by molar-refractivity contribution is 0.575. The predicted molar refractivity (Wildman–Crippen MR) is 87.8 cm³/mol. The molecule has 0 bridgehead atoms. The lowest BCUT2D eigenvalue weighted by Crippen LogP contribution is -2.21. The predicted octanol–water partition coefficient (Wildman–Crippen LogP) is 3.61. The molecule has 0 amide bonds. The Morgan fingerprint density at radius 2 is 1.95 bits per heavy atom. The second-order valence-corrected chi connectivity index (χ2v) is 7.05. The lowest BCUT2D eigenvalue weighted by atomic mass is 10.3. The van der Waals surface area contributed by atoms with E-state index in [9.17, 15) is 0 Å². The van der Waals surface area contributed by atoms with Gasteiger partial charge in [-0.25, -0.2) is 9.97 Å². The third-order valence-electron chi connectivity index (χ3n) is 3.17. The van der Waals surface area contributed by atoms with E-state index in [-0.39, 0.29) is 6.04 Å². The highest BCUT2D eigenvalue weighted by Gasteiger charge is 2.11. The molecule has 2 rings (SSSR count). The Morgan fingerprint density at radius 1 is 1.20 bits per heavy atom. The molecule has 110 valence electrons. The van der Waals surface area contributed by atoms with Crippen LogP contribution < -0.4 is 10.2 Å². The summed E-state index contributed by atoms with van der Waals surface area (Å²) in [5.41, 5.74) is 0. The van der Waals surface area contributed by atoms with E-state index in [0.29, 0.717) is 0 Å². The molecular weight excluding hydrogens is 288 g/mol. The fraction of sp³-hybridized carbons (Fsp3) is 0.571. The number of anilines is 1. The van der Waals surface area contributed by atoms with Crippen molar-refractivity contribution in [2.24, 2.45) is 0 Å². The molecule has 0 aliphatic rings. The summed E-state index contributed by atoms with van der Waals surface area (Å²) in [7, 11) is 0. The second-order valence-electron chi connectivity index (χ2n) is 4.69. The molecular formula is C14H22N4S2. The minimum Gasteiger partial charge on any atom is -0.349 e. The van der Waals surface area contributed by atoms with E-state index in [2.05, 4.69) is 47.9 Å². The van der Waals surface area contributed by atoms with E-state index in [1.54, 1.807) is 22.7 Å². The molecule has 0 aliphatic carbocycles. The molecule has 4 nitrogen and oxygen atoms in total. The van der Waals surface area contributed by atoms with Crippen LogP contribution in [0.3, 0.4) is 0 Å². The lowest BCUT2D eigenvalue weighted by Gasteiger charge is -2.16. The van der Waals surface area contributed by atoms with Crippen molar-refractivity contribution < 1.29 is 0 Å². The summed E-state index contributed by atoms with van der Waals surface area (Å²) in [5.74, 6) is 0. The number of aromatic nitrogens is 2. The summed E-state index contributed by atoms with van der Waals surface area (Å²) in [5, 5.41) is 5.78. The van der Waals surface area contributed by atoms with Gasteiger partial charge >= 0.3 is 0 Å². The van der Waals surface area contributed by atoms with Crippen molar-refractivity contribution in [2.75, 3.05) is 18.0 Å². The summed E-state index contributed by atoms with van der Waals surface area (Å²) < 4.78 is 0. The van der Waals surface area contributed by atoms with Crippen molar-refractivity contribution in [1.82, 2.24) is 15.3 Å². The highest BCUT2D eigenvalue weighted by molar-refractivity contribution is 7.15. The maximum atomic E-state index is 4.50. The van der Waals surface area contributed by atoms with E-state index in [1.165, 1.54) is 9.75 Å². The van der Waals surface area contributed by atoms with Gasteiger partial charge in [0.1, 0.15) is 5.01 Å². The molecule has 0 fully saturated rings. The van der Waals surface area contributed by atoms with E-state index >= 15 is 0 Å². The largest absolute Gasteiger partial charge is 0.349 e. The normalized spacial score (nSPS) is 12.6. The Morgan fingerprint density at radius 3 is 2.55 bits per heavy atom. The minimum atomic E-state index is 0.285. The van der Waals surface area contributed by atoms with Gasteiger partial charge in [-0.1, -0.05) is 0 Å². The molecule has 2 aromatic heterocycles. The summed E-state index contributed by atoms with van der Waals surface area (Å²) in [6.45, 7) is 11.4. The molecule has 0 radical (unpaired) electrons. The van der Waals surface area contributed by atoms with Crippen LogP contribution in [0.25, 0.3) is 0 Å². The van der Waals surface area contributed by atoms with E-state index in [0.717, 1.165) is 29.8 Å². The second kappa shape index (κ2) is 7.15. The highest BCUT2D eigenvalue weighted by atomic mass is 32.1. The number of rotatable bonds is 7. The zero-order valence-corrected chi connectivity index (χ0v) is 14.1. The molecule has 2 heterocycles. The Kier molecular flexibility index (Phi) is 5.51. The topological polar surface area (TPSA) is 41.1 Å². The average molecular weight is 310 g/mol. The van der Waals surface area contributed by atoms with Gasteiger partial charge in [-0.2, -0.15) is 0 Å². The number of thiazole rings is 2. The van der Waals surface area contributed by atoms with Gasteiger partial charge in [-0.3, -0.25) is 0 Å². The summed E-state index contributed by atoms with van der Waals surface area (Å²) in [6.07, 6.45) is 3.91. The van der Waals surface area contributed by atoms with Crippen molar-refractivity contribution in [3.8, 4) is 0 Å². The summed E-state index contributed by atoms with van der Waals surface area (Å²) >= 11 is 3.52. The zero-order chi connectivity index (χ0) is 14.5. The Balaban J connectivity index is 1.91. The molecule has 6 heteroatoms. The van der Waals surface area contributed by atoms with Crippen molar-refractivity contribution >= 4 is 27.8 Å². The minimum absolute atomic E-state index is 0.285. The van der Waals surface area contributed by atoms with E-state index in [4.69, 9.17) is 0 Å². The van der Waals surface area contributed by atoms with Crippen LogP contribution in [0.1, 0.15) is 41.6 Å². The van der Waals surface area contributed by atoms with Gasteiger partial charge < -0.3 is 10.2 Å². The van der Waals surface area contributed by atoms with Crippen molar-refractivity contribution in [3.05, 3.63) is 27.2 Å². The molecule has 0 aliphatic heterocycles. The van der Waals surface area contributed by atoms with Crippen LogP contribution in [0, 0.1) is 6.92 Å². The van der Waals surface area contributed by atoms with Gasteiger partial charge in [-0.05, 0) is 27.7 Å². The van der Waals surface area contributed by atoms with Crippen molar-refractivity contribution in [2.45, 2.75) is 40.3 Å². The fourth-order valence-corrected chi connectivity index (χ4v) is 3.72. The number of hydrogen-bond donors (Lipinski definition) is 1.